The van der Waals surface area contributed by atoms with Crippen LogP contribution >= 0.6 is 0 Å². The van der Waals surface area contributed by atoms with Gasteiger partial charge in [-0.3, -0.25) is 0 Å². The van der Waals surface area contributed by atoms with Crippen molar-refractivity contribution in [1.82, 2.24) is 14.7 Å². The first-order chi connectivity index (χ1) is 6.52. The zero-order chi connectivity index (χ0) is 10.7. The van der Waals surface area contributed by atoms with Crippen LogP contribution in [0, 0.1) is 0 Å². The standard InChI is InChI=1S/C10H21N3O/c1-11(2)9-6-5-7-13(8-9)10(14)12(3)4/h9H,5-8H2,1-4H3. The molecule has 1 atom stereocenters. The molecule has 4 heteroatoms. The highest BCUT2D eigenvalue weighted by atomic mass is 16.2. The molecule has 0 aliphatic carbocycles. The van der Waals surface area contributed by atoms with Crippen LogP contribution in [-0.2, 0) is 0 Å². The maximum Gasteiger partial charge on any atom is 0.319 e. The molecule has 14 heavy (non-hydrogen) atoms. The van der Waals surface area contributed by atoms with Crippen molar-refractivity contribution in [2.45, 2.75) is 18.9 Å². The largest absolute Gasteiger partial charge is 0.331 e. The van der Waals surface area contributed by atoms with Crippen LogP contribution in [0.3, 0.4) is 0 Å². The van der Waals surface area contributed by atoms with Gasteiger partial charge >= 0.3 is 6.03 Å². The van der Waals surface area contributed by atoms with Crippen molar-refractivity contribution in [3.8, 4) is 0 Å². The van der Waals surface area contributed by atoms with E-state index in [4.69, 9.17) is 0 Å². The second-order valence-electron chi connectivity index (χ2n) is 4.38. The van der Waals surface area contributed by atoms with Gasteiger partial charge in [0.15, 0.2) is 0 Å². The summed E-state index contributed by atoms with van der Waals surface area (Å²) in [5.41, 5.74) is 0. The van der Waals surface area contributed by atoms with Crippen LogP contribution in [-0.4, -0.2) is 68.1 Å². The average molecular weight is 199 g/mol. The lowest BCUT2D eigenvalue weighted by molar-refractivity contribution is 0.123. The van der Waals surface area contributed by atoms with Crippen molar-refractivity contribution in [3.05, 3.63) is 0 Å². The first-order valence-corrected chi connectivity index (χ1v) is 5.15. The molecule has 1 heterocycles. The second-order valence-corrected chi connectivity index (χ2v) is 4.38. The molecule has 1 aliphatic rings. The summed E-state index contributed by atoms with van der Waals surface area (Å²) in [5.74, 6) is 0. The molecule has 0 bridgehead atoms. The fourth-order valence-electron chi connectivity index (χ4n) is 1.83. The van der Waals surface area contributed by atoms with E-state index >= 15 is 0 Å². The highest BCUT2D eigenvalue weighted by molar-refractivity contribution is 5.73. The van der Waals surface area contributed by atoms with E-state index in [1.807, 2.05) is 19.0 Å². The maximum atomic E-state index is 11.7. The fraction of sp³-hybridized carbons (Fsp3) is 0.900. The Morgan fingerprint density at radius 3 is 2.43 bits per heavy atom. The fourth-order valence-corrected chi connectivity index (χ4v) is 1.83. The van der Waals surface area contributed by atoms with E-state index in [0.29, 0.717) is 6.04 Å². The predicted octanol–water partition coefficient (Wildman–Crippen LogP) is 0.694. The van der Waals surface area contributed by atoms with Gasteiger partial charge in [-0.2, -0.15) is 0 Å². The Morgan fingerprint density at radius 2 is 1.93 bits per heavy atom. The molecule has 1 rings (SSSR count). The summed E-state index contributed by atoms with van der Waals surface area (Å²) < 4.78 is 0. The minimum atomic E-state index is 0.136. The third-order valence-corrected chi connectivity index (χ3v) is 2.78. The van der Waals surface area contributed by atoms with Crippen LogP contribution in [0.25, 0.3) is 0 Å². The smallest absolute Gasteiger partial charge is 0.319 e. The summed E-state index contributed by atoms with van der Waals surface area (Å²) in [6.07, 6.45) is 2.31. The van der Waals surface area contributed by atoms with Gasteiger partial charge in [-0.1, -0.05) is 0 Å². The highest BCUT2D eigenvalue weighted by Gasteiger charge is 2.25. The molecule has 0 aromatic rings. The summed E-state index contributed by atoms with van der Waals surface area (Å²) in [6.45, 7) is 1.77. The molecular formula is C10H21N3O. The van der Waals surface area contributed by atoms with Crippen LogP contribution in [0.15, 0.2) is 0 Å². The number of piperidine rings is 1. The van der Waals surface area contributed by atoms with E-state index in [0.717, 1.165) is 19.5 Å². The molecule has 82 valence electrons. The van der Waals surface area contributed by atoms with E-state index < -0.39 is 0 Å². The van der Waals surface area contributed by atoms with Crippen molar-refractivity contribution in [2.75, 3.05) is 41.3 Å². The second kappa shape index (κ2) is 4.64. The van der Waals surface area contributed by atoms with E-state index in [1.165, 1.54) is 6.42 Å². The average Bonchev–Trinajstić information content (AvgIpc) is 2.16. The zero-order valence-electron chi connectivity index (χ0n) is 9.66. The summed E-state index contributed by atoms with van der Waals surface area (Å²) in [4.78, 5) is 17.5. The van der Waals surface area contributed by atoms with Gasteiger partial charge in [-0.15, -0.1) is 0 Å². The number of hydrogen-bond acceptors (Lipinski definition) is 2. The molecule has 4 nitrogen and oxygen atoms in total. The van der Waals surface area contributed by atoms with E-state index in [2.05, 4.69) is 19.0 Å². The molecule has 0 radical (unpaired) electrons. The summed E-state index contributed by atoms with van der Waals surface area (Å²) in [5, 5.41) is 0. The summed E-state index contributed by atoms with van der Waals surface area (Å²) in [7, 11) is 7.77. The molecule has 0 aromatic carbocycles. The minimum absolute atomic E-state index is 0.136. The van der Waals surface area contributed by atoms with Gasteiger partial charge in [0.1, 0.15) is 0 Å². The number of hydrogen-bond donors (Lipinski definition) is 0. The molecule has 2 amide bonds. The van der Waals surface area contributed by atoms with Gasteiger partial charge in [0, 0.05) is 33.2 Å². The Hall–Kier alpha value is -0.770. The molecular weight excluding hydrogens is 178 g/mol. The zero-order valence-corrected chi connectivity index (χ0v) is 9.66. The Balaban J connectivity index is 2.51. The van der Waals surface area contributed by atoms with Gasteiger partial charge in [0.25, 0.3) is 0 Å². The maximum absolute atomic E-state index is 11.7. The molecule has 1 unspecified atom stereocenters. The molecule has 1 aliphatic heterocycles. The summed E-state index contributed by atoms with van der Waals surface area (Å²) >= 11 is 0. The third-order valence-electron chi connectivity index (χ3n) is 2.78. The van der Waals surface area contributed by atoms with E-state index in [-0.39, 0.29) is 6.03 Å². The number of carbonyl (C=O) groups is 1. The summed E-state index contributed by atoms with van der Waals surface area (Å²) in [6, 6.07) is 0.657. The lowest BCUT2D eigenvalue weighted by Crippen LogP contribution is -2.50. The van der Waals surface area contributed by atoms with Gasteiger partial charge in [-0.25, -0.2) is 4.79 Å². The number of likely N-dealkylation sites (tertiary alicyclic amines) is 1. The molecule has 1 fully saturated rings. The lowest BCUT2D eigenvalue weighted by atomic mass is 10.1. The Bertz CT molecular complexity index is 204. The Morgan fingerprint density at radius 1 is 1.29 bits per heavy atom. The third kappa shape index (κ3) is 2.61. The first-order valence-electron chi connectivity index (χ1n) is 5.15. The first kappa shape index (κ1) is 11.3. The van der Waals surface area contributed by atoms with Crippen molar-refractivity contribution in [3.63, 3.8) is 0 Å². The van der Waals surface area contributed by atoms with E-state index in [9.17, 15) is 4.79 Å². The molecule has 1 saturated heterocycles. The number of nitrogens with zero attached hydrogens (tertiary/aromatic N) is 3. The highest BCUT2D eigenvalue weighted by Crippen LogP contribution is 2.14. The van der Waals surface area contributed by atoms with Crippen LogP contribution in [0.5, 0.6) is 0 Å². The monoisotopic (exact) mass is 199 g/mol. The van der Waals surface area contributed by atoms with Gasteiger partial charge in [0.2, 0.25) is 0 Å². The topological polar surface area (TPSA) is 26.8 Å². The number of carbonyl (C=O) groups excluding carboxylic acids is 1. The van der Waals surface area contributed by atoms with Gasteiger partial charge in [-0.05, 0) is 26.9 Å². The van der Waals surface area contributed by atoms with Crippen LogP contribution in [0.4, 0.5) is 4.79 Å². The quantitative estimate of drug-likeness (QED) is 0.621. The number of likely N-dealkylation sites (N-methyl/N-ethyl adjacent to an activating group) is 1. The van der Waals surface area contributed by atoms with Crippen molar-refractivity contribution in [1.29, 1.82) is 0 Å². The predicted molar refractivity (Wildman–Crippen MR) is 57.4 cm³/mol. The van der Waals surface area contributed by atoms with Crippen LogP contribution in [0.2, 0.25) is 0 Å². The van der Waals surface area contributed by atoms with Crippen molar-refractivity contribution in [2.24, 2.45) is 0 Å². The molecule has 0 saturated carbocycles. The molecule has 0 N–H and O–H groups in total. The van der Waals surface area contributed by atoms with Gasteiger partial charge < -0.3 is 14.7 Å². The molecule has 0 spiro atoms. The minimum Gasteiger partial charge on any atom is -0.331 e. The van der Waals surface area contributed by atoms with Crippen LogP contribution < -0.4 is 0 Å². The molecule has 0 aromatic heterocycles. The van der Waals surface area contributed by atoms with E-state index in [1.54, 1.807) is 4.90 Å². The number of urea groups is 1. The lowest BCUT2D eigenvalue weighted by Gasteiger charge is -2.37. The van der Waals surface area contributed by atoms with Crippen molar-refractivity contribution >= 4 is 6.03 Å². The number of amides is 2. The van der Waals surface area contributed by atoms with Crippen molar-refractivity contribution < 1.29 is 4.79 Å². The Labute approximate surface area is 86.5 Å². The van der Waals surface area contributed by atoms with Gasteiger partial charge in [0.05, 0.1) is 0 Å². The number of rotatable bonds is 1. The Kier molecular flexibility index (Phi) is 3.75. The normalized spacial score (nSPS) is 22.6. The SMILES string of the molecule is CN(C)C(=O)N1CCCC(N(C)C)C1. The van der Waals surface area contributed by atoms with Crippen LogP contribution in [0.1, 0.15) is 12.8 Å².